The first-order valence-electron chi connectivity index (χ1n) is 5.58. The molecule has 0 aliphatic carbocycles. The molecular weight excluding hydrogens is 262 g/mol. The first-order chi connectivity index (χ1) is 9.49. The Balaban J connectivity index is 3.04. The molecule has 0 aliphatic rings. The largest absolute Gasteiger partial charge is 0.493 e. The fraction of sp³-hybridized carbons (Fsp3) is 0.167. The van der Waals surface area contributed by atoms with Crippen LogP contribution < -0.4 is 15.9 Å². The lowest BCUT2D eigenvalue weighted by atomic mass is 10.2. The van der Waals surface area contributed by atoms with Crippen LogP contribution in [0.4, 0.5) is 5.69 Å². The number of rotatable bonds is 6. The van der Waals surface area contributed by atoms with Gasteiger partial charge in [-0.05, 0) is 25.1 Å². The smallest absolute Gasteiger partial charge is 0.339 e. The molecule has 0 unspecified atom stereocenters. The van der Waals surface area contributed by atoms with Crippen LogP contribution in [-0.2, 0) is 0 Å². The first kappa shape index (κ1) is 15.0. The van der Waals surface area contributed by atoms with Gasteiger partial charge in [0.1, 0.15) is 17.4 Å². The highest BCUT2D eigenvalue weighted by Crippen LogP contribution is 2.23. The molecule has 8 heteroatoms. The predicted molar refractivity (Wildman–Crippen MR) is 73.2 cm³/mol. The Morgan fingerprint density at radius 3 is 2.85 bits per heavy atom. The molecule has 0 radical (unpaired) electrons. The van der Waals surface area contributed by atoms with Crippen molar-refractivity contribution in [1.29, 1.82) is 10.7 Å². The number of nitrogens with zero attached hydrogens (tertiary/aromatic N) is 2. The number of ether oxygens (including phenoxy) is 1. The van der Waals surface area contributed by atoms with Crippen molar-refractivity contribution in [2.75, 3.05) is 12.0 Å². The van der Waals surface area contributed by atoms with Crippen molar-refractivity contribution in [3.63, 3.8) is 0 Å². The number of hydrogen-bond donors (Lipinski definition) is 4. The predicted octanol–water partition coefficient (Wildman–Crippen LogP) is 1.01. The van der Waals surface area contributed by atoms with E-state index in [2.05, 4.69) is 10.5 Å². The second kappa shape index (κ2) is 6.75. The van der Waals surface area contributed by atoms with Gasteiger partial charge in [-0.25, -0.2) is 4.79 Å². The minimum atomic E-state index is -1.15. The summed E-state index contributed by atoms with van der Waals surface area (Å²) in [5.74, 6) is -1.39. The number of anilines is 1. The second-order valence-corrected chi connectivity index (χ2v) is 3.55. The minimum absolute atomic E-state index is 0.0339. The van der Waals surface area contributed by atoms with Crippen LogP contribution in [-0.4, -0.2) is 29.2 Å². The standard InChI is InChI=1S/C12H13N5O3/c1-2-20-10-4-3-7(5-8(10)12(18)19)16-17-9(6-13)11(14)15/h3-5,16H,2H2,1H3,(H3,14,15)(H,18,19)/b17-9+. The topological polar surface area (TPSA) is 145 Å². The molecule has 8 nitrogen and oxygen atoms in total. The quantitative estimate of drug-likeness (QED) is 0.346. The van der Waals surface area contributed by atoms with Crippen molar-refractivity contribution >= 4 is 23.2 Å². The van der Waals surface area contributed by atoms with Crippen LogP contribution in [0.15, 0.2) is 23.3 Å². The van der Waals surface area contributed by atoms with Crippen LogP contribution >= 0.6 is 0 Å². The van der Waals surface area contributed by atoms with E-state index in [0.29, 0.717) is 12.3 Å². The molecule has 0 saturated carbocycles. The first-order valence-corrected chi connectivity index (χ1v) is 5.58. The molecule has 0 spiro atoms. The highest BCUT2D eigenvalue weighted by molar-refractivity contribution is 6.45. The maximum Gasteiger partial charge on any atom is 0.339 e. The fourth-order valence-electron chi connectivity index (χ4n) is 1.31. The van der Waals surface area contributed by atoms with Crippen LogP contribution in [0.1, 0.15) is 17.3 Å². The van der Waals surface area contributed by atoms with Gasteiger partial charge >= 0.3 is 5.97 Å². The highest BCUT2D eigenvalue weighted by Gasteiger charge is 2.12. The summed E-state index contributed by atoms with van der Waals surface area (Å²) in [6.07, 6.45) is 0. The third-order valence-corrected chi connectivity index (χ3v) is 2.17. The molecule has 0 amide bonds. The molecule has 0 heterocycles. The van der Waals surface area contributed by atoms with Crippen LogP contribution in [0.2, 0.25) is 0 Å². The van der Waals surface area contributed by atoms with E-state index in [9.17, 15) is 4.79 Å². The number of nitriles is 1. The number of amidine groups is 1. The van der Waals surface area contributed by atoms with E-state index in [1.165, 1.54) is 18.2 Å². The summed E-state index contributed by atoms with van der Waals surface area (Å²) in [7, 11) is 0. The summed E-state index contributed by atoms with van der Waals surface area (Å²) in [5, 5.41) is 28.5. The Hall–Kier alpha value is -3.08. The van der Waals surface area contributed by atoms with Crippen LogP contribution in [0, 0.1) is 16.7 Å². The van der Waals surface area contributed by atoms with Gasteiger partial charge in [-0.15, -0.1) is 0 Å². The fourth-order valence-corrected chi connectivity index (χ4v) is 1.31. The van der Waals surface area contributed by atoms with E-state index >= 15 is 0 Å². The Labute approximate surface area is 115 Å². The summed E-state index contributed by atoms with van der Waals surface area (Å²) in [5.41, 5.74) is 7.60. The summed E-state index contributed by atoms with van der Waals surface area (Å²) in [4.78, 5) is 11.1. The van der Waals surface area contributed by atoms with Gasteiger partial charge in [0, 0.05) is 0 Å². The molecule has 0 bridgehead atoms. The normalized spacial score (nSPS) is 10.5. The average Bonchev–Trinajstić information content (AvgIpc) is 2.40. The number of carbonyl (C=O) groups is 1. The number of hydrogen-bond acceptors (Lipinski definition) is 6. The Bertz CT molecular complexity index is 604. The lowest BCUT2D eigenvalue weighted by Crippen LogP contribution is -2.21. The molecule has 5 N–H and O–H groups in total. The number of hydrazone groups is 1. The Kier molecular flexibility index (Phi) is 5.05. The molecule has 0 aliphatic heterocycles. The molecule has 20 heavy (non-hydrogen) atoms. The summed E-state index contributed by atoms with van der Waals surface area (Å²) >= 11 is 0. The van der Waals surface area contributed by atoms with E-state index < -0.39 is 11.8 Å². The molecular formula is C12H13N5O3. The molecule has 1 aromatic rings. The Morgan fingerprint density at radius 2 is 2.35 bits per heavy atom. The summed E-state index contributed by atoms with van der Waals surface area (Å²) < 4.78 is 5.19. The van der Waals surface area contributed by atoms with E-state index in [4.69, 9.17) is 26.2 Å². The van der Waals surface area contributed by atoms with Gasteiger partial charge < -0.3 is 15.6 Å². The van der Waals surface area contributed by atoms with Crippen molar-refractivity contribution in [3.05, 3.63) is 23.8 Å². The second-order valence-electron chi connectivity index (χ2n) is 3.55. The third-order valence-electron chi connectivity index (χ3n) is 2.17. The van der Waals surface area contributed by atoms with Crippen molar-refractivity contribution in [2.45, 2.75) is 6.92 Å². The van der Waals surface area contributed by atoms with Crippen molar-refractivity contribution in [3.8, 4) is 11.8 Å². The molecule has 1 rings (SSSR count). The molecule has 0 fully saturated rings. The zero-order valence-corrected chi connectivity index (χ0v) is 10.7. The molecule has 0 saturated heterocycles. The van der Waals surface area contributed by atoms with Gasteiger partial charge in [-0.2, -0.15) is 10.4 Å². The number of aromatic carboxylic acids is 1. The van der Waals surface area contributed by atoms with Gasteiger partial charge in [0.05, 0.1) is 12.3 Å². The van der Waals surface area contributed by atoms with Crippen LogP contribution in [0.3, 0.4) is 0 Å². The lowest BCUT2D eigenvalue weighted by Gasteiger charge is -2.09. The maximum atomic E-state index is 11.1. The zero-order valence-electron chi connectivity index (χ0n) is 10.7. The number of carboxylic acids is 1. The zero-order chi connectivity index (χ0) is 15.1. The monoisotopic (exact) mass is 275 g/mol. The molecule has 1 aromatic carbocycles. The number of nitrogens with two attached hydrogens (primary N) is 1. The summed E-state index contributed by atoms with van der Waals surface area (Å²) in [6, 6.07) is 5.96. The van der Waals surface area contributed by atoms with E-state index in [1.807, 2.05) is 0 Å². The molecule has 0 aromatic heterocycles. The van der Waals surface area contributed by atoms with E-state index in [-0.39, 0.29) is 17.0 Å². The van der Waals surface area contributed by atoms with Gasteiger partial charge in [-0.3, -0.25) is 10.8 Å². The average molecular weight is 275 g/mol. The van der Waals surface area contributed by atoms with Crippen LogP contribution in [0.25, 0.3) is 0 Å². The third kappa shape index (κ3) is 3.71. The number of benzene rings is 1. The highest BCUT2D eigenvalue weighted by atomic mass is 16.5. The maximum absolute atomic E-state index is 11.1. The molecule has 104 valence electrons. The van der Waals surface area contributed by atoms with Crippen molar-refractivity contribution < 1.29 is 14.6 Å². The van der Waals surface area contributed by atoms with Gasteiger partial charge in [0.25, 0.3) is 0 Å². The van der Waals surface area contributed by atoms with Crippen molar-refractivity contribution in [1.82, 2.24) is 0 Å². The molecule has 0 atom stereocenters. The van der Waals surface area contributed by atoms with Gasteiger partial charge in [-0.1, -0.05) is 0 Å². The summed E-state index contributed by atoms with van der Waals surface area (Å²) in [6.45, 7) is 2.09. The van der Waals surface area contributed by atoms with Gasteiger partial charge in [0.15, 0.2) is 5.84 Å². The lowest BCUT2D eigenvalue weighted by molar-refractivity contribution is 0.0692. The van der Waals surface area contributed by atoms with Gasteiger partial charge in [0.2, 0.25) is 5.71 Å². The Morgan fingerprint density at radius 1 is 1.65 bits per heavy atom. The van der Waals surface area contributed by atoms with Crippen LogP contribution in [0.5, 0.6) is 5.75 Å². The van der Waals surface area contributed by atoms with E-state index in [0.717, 1.165) is 0 Å². The van der Waals surface area contributed by atoms with Crippen molar-refractivity contribution in [2.24, 2.45) is 10.8 Å². The number of nitrogens with one attached hydrogen (secondary N) is 2. The number of carboxylic acid groups (broad SMARTS) is 1. The SMILES string of the molecule is CCOc1ccc(N/N=C(\C#N)C(=N)N)cc1C(=O)O. The van der Waals surface area contributed by atoms with E-state index in [1.54, 1.807) is 13.0 Å². The minimum Gasteiger partial charge on any atom is -0.493 e.